The van der Waals surface area contributed by atoms with E-state index in [4.69, 9.17) is 11.6 Å². The third kappa shape index (κ3) is 2.33. The zero-order chi connectivity index (χ0) is 10.8. The molecule has 1 aliphatic heterocycles. The molecule has 82 valence electrons. The Hall–Kier alpha value is -0.580. The third-order valence-corrected chi connectivity index (χ3v) is 3.70. The summed E-state index contributed by atoms with van der Waals surface area (Å²) in [5.74, 6) is 0.180. The van der Waals surface area contributed by atoms with E-state index < -0.39 is 0 Å². The van der Waals surface area contributed by atoms with Gasteiger partial charge in [-0.3, -0.25) is 4.79 Å². The van der Waals surface area contributed by atoms with Gasteiger partial charge in [0.25, 0.3) is 0 Å². The van der Waals surface area contributed by atoms with Gasteiger partial charge in [-0.25, -0.2) is 0 Å². The van der Waals surface area contributed by atoms with Crippen LogP contribution in [0.5, 0.6) is 0 Å². The number of halogens is 1. The van der Waals surface area contributed by atoms with Gasteiger partial charge in [0.15, 0.2) is 0 Å². The van der Waals surface area contributed by atoms with E-state index >= 15 is 0 Å². The summed E-state index contributed by atoms with van der Waals surface area (Å²) in [4.78, 5) is 13.5. The van der Waals surface area contributed by atoms with Crippen molar-refractivity contribution in [2.45, 2.75) is 19.4 Å². The molecule has 0 radical (unpaired) electrons. The van der Waals surface area contributed by atoms with Crippen LogP contribution in [0.2, 0.25) is 4.34 Å². The zero-order valence-electron chi connectivity index (χ0n) is 8.50. The number of hydrogen-bond acceptors (Lipinski definition) is 3. The molecule has 5 heteroatoms. The van der Waals surface area contributed by atoms with Crippen LogP contribution in [0, 0.1) is 0 Å². The maximum Gasteiger partial charge on any atom is 0.229 e. The average Bonchev–Trinajstić information content (AvgIpc) is 2.73. The van der Waals surface area contributed by atoms with Crippen LogP contribution in [0.1, 0.15) is 13.3 Å². The quantitative estimate of drug-likeness (QED) is 0.884. The van der Waals surface area contributed by atoms with E-state index in [1.54, 1.807) is 0 Å². The van der Waals surface area contributed by atoms with Gasteiger partial charge in [-0.1, -0.05) is 18.5 Å². The predicted octanol–water partition coefficient (Wildman–Crippen LogP) is 2.12. The lowest BCUT2D eigenvalue weighted by atomic mass is 10.2. The first-order valence-corrected chi connectivity index (χ1v) is 6.19. The fourth-order valence-electron chi connectivity index (χ4n) is 1.80. The number of thiophene rings is 1. The highest BCUT2D eigenvalue weighted by atomic mass is 35.5. The maximum atomic E-state index is 11.7. The van der Waals surface area contributed by atoms with Crippen LogP contribution >= 0.6 is 22.9 Å². The summed E-state index contributed by atoms with van der Waals surface area (Å²) in [6.45, 7) is 3.70. The van der Waals surface area contributed by atoms with Crippen molar-refractivity contribution in [3.63, 3.8) is 0 Å². The molecular weight excluding hydrogens is 232 g/mol. The van der Waals surface area contributed by atoms with Crippen molar-refractivity contribution in [1.29, 1.82) is 0 Å². The third-order valence-electron chi connectivity index (χ3n) is 2.44. The van der Waals surface area contributed by atoms with Crippen LogP contribution in [0.4, 0.5) is 5.00 Å². The van der Waals surface area contributed by atoms with Gasteiger partial charge < -0.3 is 10.2 Å². The molecule has 0 bridgehead atoms. The second kappa shape index (κ2) is 4.51. The van der Waals surface area contributed by atoms with E-state index in [0.29, 0.717) is 6.42 Å². The molecule has 1 amide bonds. The van der Waals surface area contributed by atoms with Crippen LogP contribution in [0.25, 0.3) is 0 Å². The highest BCUT2D eigenvalue weighted by molar-refractivity contribution is 7.20. The van der Waals surface area contributed by atoms with Gasteiger partial charge in [0, 0.05) is 19.0 Å². The lowest BCUT2D eigenvalue weighted by molar-refractivity contribution is -0.117. The Morgan fingerprint density at radius 3 is 3.07 bits per heavy atom. The number of anilines is 1. The number of nitrogens with zero attached hydrogens (tertiary/aromatic N) is 1. The number of carbonyl (C=O) groups is 1. The monoisotopic (exact) mass is 244 g/mol. The molecule has 1 unspecified atom stereocenters. The molecule has 0 spiro atoms. The van der Waals surface area contributed by atoms with Gasteiger partial charge in [-0.05, 0) is 18.7 Å². The summed E-state index contributed by atoms with van der Waals surface area (Å²) in [6.07, 6.45) is 0.587. The Kier molecular flexibility index (Phi) is 3.29. The van der Waals surface area contributed by atoms with Crippen LogP contribution in [0.3, 0.4) is 0 Å². The molecule has 1 aromatic rings. The number of nitrogens with one attached hydrogen (secondary N) is 1. The standard InChI is InChI=1S/C10H13ClN2OS/c1-2-12-7-5-9(14)13(6-7)10-4-3-8(11)15-10/h3-4,7,12H,2,5-6H2,1H3. The lowest BCUT2D eigenvalue weighted by Crippen LogP contribution is -2.32. The Morgan fingerprint density at radius 2 is 2.47 bits per heavy atom. The molecule has 1 atom stereocenters. The van der Waals surface area contributed by atoms with Crippen molar-refractivity contribution in [1.82, 2.24) is 5.32 Å². The minimum Gasteiger partial charge on any atom is -0.312 e. The minimum atomic E-state index is 0.180. The van der Waals surface area contributed by atoms with Crippen LogP contribution < -0.4 is 10.2 Å². The smallest absolute Gasteiger partial charge is 0.229 e. The summed E-state index contributed by atoms with van der Waals surface area (Å²) >= 11 is 7.30. The largest absolute Gasteiger partial charge is 0.312 e. The van der Waals surface area contributed by atoms with Crippen LogP contribution in [0.15, 0.2) is 12.1 Å². The van der Waals surface area contributed by atoms with Gasteiger partial charge in [-0.15, -0.1) is 11.3 Å². The number of rotatable bonds is 3. The van der Waals surface area contributed by atoms with Crippen molar-refractivity contribution >= 4 is 33.8 Å². The van der Waals surface area contributed by atoms with E-state index in [2.05, 4.69) is 12.2 Å². The second-order valence-corrected chi connectivity index (χ2v) is 5.23. The van der Waals surface area contributed by atoms with E-state index in [9.17, 15) is 4.79 Å². The van der Waals surface area contributed by atoms with Crippen molar-refractivity contribution in [2.24, 2.45) is 0 Å². The van der Waals surface area contributed by atoms with E-state index in [0.717, 1.165) is 22.4 Å². The highest BCUT2D eigenvalue weighted by Gasteiger charge is 2.30. The lowest BCUT2D eigenvalue weighted by Gasteiger charge is -2.14. The summed E-state index contributed by atoms with van der Waals surface area (Å²) in [5, 5.41) is 4.24. The Labute approximate surface area is 98.0 Å². The highest BCUT2D eigenvalue weighted by Crippen LogP contribution is 2.32. The molecule has 15 heavy (non-hydrogen) atoms. The molecule has 2 rings (SSSR count). The van der Waals surface area contributed by atoms with E-state index in [1.165, 1.54) is 11.3 Å². The number of amides is 1. The SMILES string of the molecule is CCNC1CC(=O)N(c2ccc(Cl)s2)C1. The molecule has 0 saturated carbocycles. The average molecular weight is 245 g/mol. The van der Waals surface area contributed by atoms with Gasteiger partial charge >= 0.3 is 0 Å². The first-order chi connectivity index (χ1) is 7.20. The molecular formula is C10H13ClN2OS. The molecule has 0 aliphatic carbocycles. The maximum absolute atomic E-state index is 11.7. The van der Waals surface area contributed by atoms with Crippen molar-refractivity contribution < 1.29 is 4.79 Å². The van der Waals surface area contributed by atoms with E-state index in [1.807, 2.05) is 17.0 Å². The van der Waals surface area contributed by atoms with Crippen LogP contribution in [-0.2, 0) is 4.79 Å². The Balaban J connectivity index is 2.08. The fraction of sp³-hybridized carbons (Fsp3) is 0.500. The first kappa shape index (κ1) is 10.9. The van der Waals surface area contributed by atoms with Gasteiger partial charge in [-0.2, -0.15) is 0 Å². The minimum absolute atomic E-state index is 0.180. The van der Waals surface area contributed by atoms with Crippen LogP contribution in [-0.4, -0.2) is 25.0 Å². The second-order valence-electron chi connectivity index (χ2n) is 3.54. The fourth-order valence-corrected chi connectivity index (χ4v) is 2.85. The molecule has 1 saturated heterocycles. The number of likely N-dealkylation sites (N-methyl/N-ethyl adjacent to an activating group) is 1. The van der Waals surface area contributed by atoms with Crippen molar-refractivity contribution in [2.75, 3.05) is 18.0 Å². The molecule has 3 nitrogen and oxygen atoms in total. The summed E-state index contributed by atoms with van der Waals surface area (Å²) in [5.41, 5.74) is 0. The van der Waals surface area contributed by atoms with Crippen molar-refractivity contribution in [3.8, 4) is 0 Å². The van der Waals surface area contributed by atoms with Crippen molar-refractivity contribution in [3.05, 3.63) is 16.5 Å². The molecule has 1 fully saturated rings. The number of carbonyl (C=O) groups excluding carboxylic acids is 1. The molecule has 1 aliphatic rings. The van der Waals surface area contributed by atoms with Gasteiger partial charge in [0.2, 0.25) is 5.91 Å². The molecule has 0 aromatic carbocycles. The summed E-state index contributed by atoms with van der Waals surface area (Å²) in [6, 6.07) is 4.01. The van der Waals surface area contributed by atoms with Gasteiger partial charge in [0.05, 0.1) is 9.34 Å². The van der Waals surface area contributed by atoms with Gasteiger partial charge in [0.1, 0.15) is 0 Å². The number of hydrogen-bond donors (Lipinski definition) is 1. The first-order valence-electron chi connectivity index (χ1n) is 4.99. The van der Waals surface area contributed by atoms with E-state index in [-0.39, 0.29) is 11.9 Å². The molecule has 2 heterocycles. The topological polar surface area (TPSA) is 32.3 Å². The zero-order valence-corrected chi connectivity index (χ0v) is 10.1. The predicted molar refractivity (Wildman–Crippen MR) is 63.8 cm³/mol. The Bertz CT molecular complexity index is 366. The Morgan fingerprint density at radius 1 is 1.67 bits per heavy atom. The normalized spacial score (nSPS) is 21.3. The summed E-state index contributed by atoms with van der Waals surface area (Å²) in [7, 11) is 0. The summed E-state index contributed by atoms with van der Waals surface area (Å²) < 4.78 is 0.727. The molecule has 1 aromatic heterocycles. The molecule has 1 N–H and O–H groups in total.